The zero-order chi connectivity index (χ0) is 23.7. The Kier molecular flexibility index (Phi) is 6.57. The molecule has 1 amide bonds. The molecule has 2 aliphatic heterocycles. The molecule has 178 valence electrons. The average molecular weight is 482 g/mol. The summed E-state index contributed by atoms with van der Waals surface area (Å²) in [7, 11) is 0. The van der Waals surface area contributed by atoms with Crippen molar-refractivity contribution >= 4 is 23.3 Å². The summed E-state index contributed by atoms with van der Waals surface area (Å²) < 4.78 is 6.02. The second-order valence-electron chi connectivity index (χ2n) is 9.60. The van der Waals surface area contributed by atoms with Crippen molar-refractivity contribution in [2.75, 3.05) is 24.6 Å². The Morgan fingerprint density at radius 2 is 1.94 bits per heavy atom. The molecule has 2 bridgehead atoms. The van der Waals surface area contributed by atoms with Gasteiger partial charge in [0.05, 0.1) is 16.7 Å². The van der Waals surface area contributed by atoms with E-state index in [2.05, 4.69) is 20.4 Å². The van der Waals surface area contributed by atoms with Gasteiger partial charge in [-0.15, -0.1) is 10.2 Å². The van der Waals surface area contributed by atoms with E-state index in [0.29, 0.717) is 39.8 Å². The third-order valence-electron chi connectivity index (χ3n) is 7.52. The molecule has 4 fully saturated rings. The Morgan fingerprint density at radius 3 is 2.56 bits per heavy atom. The van der Waals surface area contributed by atoms with E-state index >= 15 is 0 Å². The summed E-state index contributed by atoms with van der Waals surface area (Å²) in [6.45, 7) is 2.05. The number of anilines is 1. The Morgan fingerprint density at radius 1 is 1.18 bits per heavy atom. The van der Waals surface area contributed by atoms with Crippen LogP contribution in [0.3, 0.4) is 0 Å². The number of carbonyl (C=O) groups is 1. The Labute approximate surface area is 203 Å². The van der Waals surface area contributed by atoms with Gasteiger partial charge in [0.1, 0.15) is 11.8 Å². The van der Waals surface area contributed by atoms with Gasteiger partial charge >= 0.3 is 0 Å². The molecule has 2 saturated carbocycles. The molecule has 2 aliphatic carbocycles. The van der Waals surface area contributed by atoms with Crippen LogP contribution in [0.5, 0.6) is 5.75 Å². The molecule has 2 atom stereocenters. The minimum atomic E-state index is -0.205. The average Bonchev–Trinajstić information content (AvgIpc) is 2.86. The van der Waals surface area contributed by atoms with Crippen LogP contribution in [0.15, 0.2) is 30.3 Å². The minimum absolute atomic E-state index is 0.0532. The zero-order valence-corrected chi connectivity index (χ0v) is 19.6. The normalized spacial score (nSPS) is 27.9. The number of hydrogen-bond donors (Lipinski definition) is 2. The number of nitriles is 1. The van der Waals surface area contributed by atoms with Crippen LogP contribution >= 0.6 is 11.6 Å². The van der Waals surface area contributed by atoms with Crippen molar-refractivity contribution in [1.29, 1.82) is 5.26 Å². The summed E-state index contributed by atoms with van der Waals surface area (Å²) in [4.78, 5) is 14.9. The van der Waals surface area contributed by atoms with Gasteiger partial charge in [0.15, 0.2) is 11.5 Å². The lowest BCUT2D eigenvalue weighted by atomic mass is 9.62. The SMILES string of the molecule is N#Cc1ccc(OC2CCC(NC(=O)c3ccc(N4CC5CC(C4)C5CO)nn3)CC2)cc1Cl. The van der Waals surface area contributed by atoms with Crippen LogP contribution in [0, 0.1) is 29.1 Å². The van der Waals surface area contributed by atoms with E-state index in [-0.39, 0.29) is 24.7 Å². The lowest BCUT2D eigenvalue weighted by Gasteiger charge is -2.53. The molecule has 1 aromatic heterocycles. The van der Waals surface area contributed by atoms with Gasteiger partial charge in [0.25, 0.3) is 5.91 Å². The van der Waals surface area contributed by atoms with Crippen molar-refractivity contribution in [3.05, 3.63) is 46.6 Å². The van der Waals surface area contributed by atoms with Crippen LogP contribution in [-0.4, -0.2) is 53.1 Å². The van der Waals surface area contributed by atoms with Crippen molar-refractivity contribution < 1.29 is 14.6 Å². The highest BCUT2D eigenvalue weighted by atomic mass is 35.5. The molecule has 2 saturated heterocycles. The second-order valence-corrected chi connectivity index (χ2v) is 10.0. The summed E-state index contributed by atoms with van der Waals surface area (Å²) in [5.74, 6) is 2.73. The number of benzene rings is 1. The topological polar surface area (TPSA) is 111 Å². The standard InChI is InChI=1S/C25H28ClN5O3/c26-22-10-20(4-1-15(22)11-27)34-19-5-2-18(3-6-19)28-25(33)23-7-8-24(30-29-23)31-12-16-9-17(13-31)21(16)14-32/h1,4,7-8,10,16-19,21,32H,2-3,5-6,9,12-14H2,(H,28,33). The highest BCUT2D eigenvalue weighted by Crippen LogP contribution is 2.45. The fraction of sp³-hybridized carbons (Fsp3) is 0.520. The van der Waals surface area contributed by atoms with Crippen molar-refractivity contribution in [2.45, 2.75) is 44.2 Å². The maximum absolute atomic E-state index is 12.7. The number of halogens is 1. The molecule has 2 aromatic rings. The van der Waals surface area contributed by atoms with E-state index in [0.717, 1.165) is 44.6 Å². The van der Waals surface area contributed by atoms with Crippen molar-refractivity contribution in [3.63, 3.8) is 0 Å². The number of aliphatic hydroxyl groups is 1. The molecular formula is C25H28ClN5O3. The lowest BCUT2D eigenvalue weighted by molar-refractivity contribution is 0.00243. The Balaban J connectivity index is 1.09. The first-order chi connectivity index (χ1) is 16.5. The van der Waals surface area contributed by atoms with Crippen LogP contribution in [0.1, 0.15) is 48.2 Å². The van der Waals surface area contributed by atoms with Gasteiger partial charge in [-0.3, -0.25) is 4.79 Å². The van der Waals surface area contributed by atoms with Gasteiger partial charge in [-0.1, -0.05) is 11.6 Å². The number of nitrogens with zero attached hydrogens (tertiary/aromatic N) is 4. The third-order valence-corrected chi connectivity index (χ3v) is 7.83. The van der Waals surface area contributed by atoms with E-state index < -0.39 is 0 Å². The molecule has 0 radical (unpaired) electrons. The summed E-state index contributed by atoms with van der Waals surface area (Å²) in [6.07, 6.45) is 4.50. The van der Waals surface area contributed by atoms with Gasteiger partial charge in [-0.2, -0.15) is 5.26 Å². The molecule has 2 N–H and O–H groups in total. The van der Waals surface area contributed by atoms with E-state index in [1.165, 1.54) is 6.42 Å². The molecule has 9 heteroatoms. The summed E-state index contributed by atoms with van der Waals surface area (Å²) >= 11 is 6.09. The number of rotatable bonds is 6. The number of ether oxygens (including phenoxy) is 1. The zero-order valence-electron chi connectivity index (χ0n) is 18.9. The van der Waals surface area contributed by atoms with Crippen molar-refractivity contribution in [1.82, 2.24) is 15.5 Å². The van der Waals surface area contributed by atoms with Crippen molar-refractivity contribution in [2.24, 2.45) is 17.8 Å². The highest BCUT2D eigenvalue weighted by molar-refractivity contribution is 6.31. The summed E-state index contributed by atoms with van der Waals surface area (Å²) in [6, 6.07) is 10.8. The van der Waals surface area contributed by atoms with Crippen LogP contribution in [0.4, 0.5) is 5.82 Å². The summed E-state index contributed by atoms with van der Waals surface area (Å²) in [5.41, 5.74) is 0.754. The first-order valence-electron chi connectivity index (χ1n) is 11.9. The number of carbonyl (C=O) groups excluding carboxylic acids is 1. The fourth-order valence-electron chi connectivity index (χ4n) is 5.52. The Bertz CT molecular complexity index is 1070. The van der Waals surface area contributed by atoms with E-state index in [4.69, 9.17) is 21.6 Å². The highest BCUT2D eigenvalue weighted by Gasteiger charge is 2.46. The predicted molar refractivity (Wildman–Crippen MR) is 127 cm³/mol. The van der Waals surface area contributed by atoms with Crippen LogP contribution < -0.4 is 15.0 Å². The van der Waals surface area contributed by atoms with Gasteiger partial charge in [0.2, 0.25) is 0 Å². The monoisotopic (exact) mass is 481 g/mol. The largest absolute Gasteiger partial charge is 0.490 e. The molecule has 0 spiro atoms. The van der Waals surface area contributed by atoms with E-state index in [1.54, 1.807) is 24.3 Å². The second kappa shape index (κ2) is 9.77. The molecule has 34 heavy (non-hydrogen) atoms. The van der Waals surface area contributed by atoms with Crippen LogP contribution in [0.25, 0.3) is 0 Å². The molecule has 4 aliphatic rings. The number of fused-ring (bicyclic) bond motifs is 2. The molecule has 3 heterocycles. The van der Waals surface area contributed by atoms with Gasteiger partial charge in [-0.05, 0) is 74.1 Å². The molecule has 1 aromatic carbocycles. The van der Waals surface area contributed by atoms with Gasteiger partial charge in [-0.25, -0.2) is 0 Å². The van der Waals surface area contributed by atoms with Crippen molar-refractivity contribution in [3.8, 4) is 11.8 Å². The number of amides is 1. The minimum Gasteiger partial charge on any atom is -0.490 e. The van der Waals surface area contributed by atoms with Crippen LogP contribution in [-0.2, 0) is 0 Å². The number of aliphatic hydroxyl groups excluding tert-OH is 1. The Hall–Kier alpha value is -2.89. The first kappa shape index (κ1) is 22.9. The fourth-order valence-corrected chi connectivity index (χ4v) is 5.74. The maximum Gasteiger partial charge on any atom is 0.272 e. The number of piperidine rings is 2. The number of hydrogen-bond acceptors (Lipinski definition) is 7. The smallest absolute Gasteiger partial charge is 0.272 e. The van der Waals surface area contributed by atoms with Crippen LogP contribution in [0.2, 0.25) is 5.02 Å². The number of nitrogens with one attached hydrogen (secondary N) is 1. The van der Waals surface area contributed by atoms with Gasteiger partial charge < -0.3 is 20.1 Å². The molecule has 2 unspecified atom stereocenters. The predicted octanol–water partition coefficient (Wildman–Crippen LogP) is 3.19. The molecule has 8 nitrogen and oxygen atoms in total. The quantitative estimate of drug-likeness (QED) is 0.651. The number of aromatic nitrogens is 2. The lowest BCUT2D eigenvalue weighted by Crippen LogP contribution is -2.56. The first-order valence-corrected chi connectivity index (χ1v) is 12.3. The molecular weight excluding hydrogens is 454 g/mol. The van der Waals surface area contributed by atoms with E-state index in [1.807, 2.05) is 12.1 Å². The van der Waals surface area contributed by atoms with Gasteiger partial charge in [0, 0.05) is 31.8 Å². The third kappa shape index (κ3) is 4.68. The maximum atomic E-state index is 12.7. The molecule has 6 rings (SSSR count). The summed E-state index contributed by atoms with van der Waals surface area (Å²) in [5, 5.41) is 30.4. The van der Waals surface area contributed by atoms with E-state index in [9.17, 15) is 9.90 Å².